The highest BCUT2D eigenvalue weighted by molar-refractivity contribution is 5.21. The van der Waals surface area contributed by atoms with E-state index in [2.05, 4.69) is 0 Å². The molecule has 0 aromatic heterocycles. The zero-order chi connectivity index (χ0) is 9.14. The molecule has 0 radical (unpaired) electrons. The third-order valence-corrected chi connectivity index (χ3v) is 1.62. The molecular weight excluding hydrogens is 164 g/mol. The van der Waals surface area contributed by atoms with Crippen molar-refractivity contribution >= 4 is 0 Å². The number of benzene rings is 1. The van der Waals surface area contributed by atoms with Gasteiger partial charge in [0.1, 0.15) is 11.6 Å². The molecule has 0 aliphatic carbocycles. The summed E-state index contributed by atoms with van der Waals surface area (Å²) in [6.45, 7) is 1.53. The fourth-order valence-electron chi connectivity index (χ4n) is 0.916. The number of rotatable bonds is 2. The first-order chi connectivity index (χ1) is 5.65. The summed E-state index contributed by atoms with van der Waals surface area (Å²) in [5, 5.41) is 8.46. The van der Waals surface area contributed by atoms with Crippen LogP contribution in [0, 0.1) is 11.6 Å². The molecular formula is C8H9F2NO. The smallest absolute Gasteiger partial charge is 0.128 e. The van der Waals surface area contributed by atoms with Gasteiger partial charge in [-0.05, 0) is 25.1 Å². The van der Waals surface area contributed by atoms with E-state index in [0.29, 0.717) is 0 Å². The molecule has 12 heavy (non-hydrogen) atoms. The largest absolute Gasteiger partial charge is 0.316 e. The molecule has 0 heterocycles. The molecule has 0 aliphatic rings. The fraction of sp³-hybridized carbons (Fsp3) is 0.250. The van der Waals surface area contributed by atoms with E-state index < -0.39 is 17.7 Å². The maximum absolute atomic E-state index is 12.9. The minimum absolute atomic E-state index is 0.109. The molecule has 4 heteroatoms. The fourth-order valence-corrected chi connectivity index (χ4v) is 0.916. The van der Waals surface area contributed by atoms with Gasteiger partial charge in [0.05, 0.1) is 6.04 Å². The zero-order valence-corrected chi connectivity index (χ0v) is 6.51. The average molecular weight is 173 g/mol. The third-order valence-electron chi connectivity index (χ3n) is 1.62. The minimum Gasteiger partial charge on any atom is -0.316 e. The molecule has 0 saturated carbocycles. The van der Waals surface area contributed by atoms with Crippen LogP contribution in [0.2, 0.25) is 0 Å². The summed E-state index contributed by atoms with van der Waals surface area (Å²) < 4.78 is 25.5. The Bertz CT molecular complexity index is 278. The molecule has 66 valence electrons. The van der Waals surface area contributed by atoms with Crippen molar-refractivity contribution in [3.8, 4) is 0 Å². The Kier molecular flexibility index (Phi) is 2.73. The van der Waals surface area contributed by atoms with Crippen molar-refractivity contribution in [3.05, 3.63) is 35.4 Å². The van der Waals surface area contributed by atoms with Crippen molar-refractivity contribution in [3.63, 3.8) is 0 Å². The number of hydrogen-bond acceptors (Lipinski definition) is 2. The monoisotopic (exact) mass is 173 g/mol. The molecule has 1 unspecified atom stereocenters. The van der Waals surface area contributed by atoms with Crippen LogP contribution < -0.4 is 5.48 Å². The van der Waals surface area contributed by atoms with E-state index in [4.69, 9.17) is 5.21 Å². The van der Waals surface area contributed by atoms with Crippen molar-refractivity contribution in [1.82, 2.24) is 5.48 Å². The Balaban J connectivity index is 3.04. The first-order valence-corrected chi connectivity index (χ1v) is 3.49. The second-order valence-electron chi connectivity index (χ2n) is 2.52. The standard InChI is InChI=1S/C8H9F2NO/c1-5(11-12)7-4-6(9)2-3-8(7)10/h2-5,11-12H,1H3. The van der Waals surface area contributed by atoms with Crippen LogP contribution in [0.3, 0.4) is 0 Å². The lowest BCUT2D eigenvalue weighted by molar-refractivity contribution is 0.131. The Hall–Kier alpha value is -1.00. The summed E-state index contributed by atoms with van der Waals surface area (Å²) in [4.78, 5) is 0. The Morgan fingerprint density at radius 2 is 2.08 bits per heavy atom. The molecule has 1 aromatic rings. The first-order valence-electron chi connectivity index (χ1n) is 3.49. The van der Waals surface area contributed by atoms with Gasteiger partial charge in [-0.3, -0.25) is 0 Å². The molecule has 2 nitrogen and oxygen atoms in total. The van der Waals surface area contributed by atoms with E-state index in [0.717, 1.165) is 18.2 Å². The Morgan fingerprint density at radius 3 is 2.67 bits per heavy atom. The topological polar surface area (TPSA) is 32.3 Å². The summed E-state index contributed by atoms with van der Waals surface area (Å²) in [5.74, 6) is -1.06. The van der Waals surface area contributed by atoms with Crippen LogP contribution in [0.5, 0.6) is 0 Å². The second kappa shape index (κ2) is 3.60. The molecule has 0 bridgehead atoms. The highest BCUT2D eigenvalue weighted by atomic mass is 19.1. The van der Waals surface area contributed by atoms with Gasteiger partial charge in [0.2, 0.25) is 0 Å². The second-order valence-corrected chi connectivity index (χ2v) is 2.52. The molecule has 0 amide bonds. The van der Waals surface area contributed by atoms with Crippen LogP contribution in [0.1, 0.15) is 18.5 Å². The van der Waals surface area contributed by atoms with Crippen molar-refractivity contribution in [2.45, 2.75) is 13.0 Å². The quantitative estimate of drug-likeness (QED) is 0.670. The predicted molar refractivity (Wildman–Crippen MR) is 39.7 cm³/mol. The van der Waals surface area contributed by atoms with Gasteiger partial charge in [-0.25, -0.2) is 8.78 Å². The van der Waals surface area contributed by atoms with Gasteiger partial charge in [0, 0.05) is 5.56 Å². The van der Waals surface area contributed by atoms with Crippen LogP contribution in [-0.4, -0.2) is 5.21 Å². The maximum Gasteiger partial charge on any atom is 0.128 e. The van der Waals surface area contributed by atoms with Crippen molar-refractivity contribution < 1.29 is 14.0 Å². The number of nitrogens with one attached hydrogen (secondary N) is 1. The summed E-state index contributed by atoms with van der Waals surface area (Å²) in [7, 11) is 0. The average Bonchev–Trinajstić information content (AvgIpc) is 2.08. The molecule has 2 N–H and O–H groups in total. The van der Waals surface area contributed by atoms with Gasteiger partial charge in [-0.15, -0.1) is 0 Å². The minimum atomic E-state index is -0.610. The van der Waals surface area contributed by atoms with Crippen LogP contribution in [0.25, 0.3) is 0 Å². The molecule has 1 aromatic carbocycles. The predicted octanol–water partition coefficient (Wildman–Crippen LogP) is 2.00. The van der Waals surface area contributed by atoms with Gasteiger partial charge in [-0.2, -0.15) is 5.48 Å². The van der Waals surface area contributed by atoms with E-state index in [1.54, 1.807) is 0 Å². The lowest BCUT2D eigenvalue weighted by Crippen LogP contribution is -2.14. The summed E-state index contributed by atoms with van der Waals surface area (Å²) in [6.07, 6.45) is 0. The van der Waals surface area contributed by atoms with E-state index in [-0.39, 0.29) is 5.56 Å². The number of hydrogen-bond donors (Lipinski definition) is 2. The number of halogens is 2. The lowest BCUT2D eigenvalue weighted by atomic mass is 10.1. The normalized spacial score (nSPS) is 13.0. The van der Waals surface area contributed by atoms with Gasteiger partial charge in [0.15, 0.2) is 0 Å². The highest BCUT2D eigenvalue weighted by Gasteiger charge is 2.10. The first kappa shape index (κ1) is 9.09. The molecule has 0 aliphatic heterocycles. The van der Waals surface area contributed by atoms with Crippen LogP contribution in [0.4, 0.5) is 8.78 Å². The van der Waals surface area contributed by atoms with Crippen LogP contribution >= 0.6 is 0 Å². The Morgan fingerprint density at radius 1 is 1.42 bits per heavy atom. The lowest BCUT2D eigenvalue weighted by Gasteiger charge is -2.09. The van der Waals surface area contributed by atoms with Crippen LogP contribution in [-0.2, 0) is 0 Å². The summed E-state index contributed by atoms with van der Waals surface area (Å²) in [6, 6.07) is 2.49. The highest BCUT2D eigenvalue weighted by Crippen LogP contribution is 2.16. The van der Waals surface area contributed by atoms with Gasteiger partial charge < -0.3 is 5.21 Å². The van der Waals surface area contributed by atoms with E-state index in [1.165, 1.54) is 6.92 Å². The third kappa shape index (κ3) is 1.78. The molecule has 1 rings (SSSR count). The summed E-state index contributed by atoms with van der Waals surface area (Å²) >= 11 is 0. The van der Waals surface area contributed by atoms with Gasteiger partial charge in [-0.1, -0.05) is 0 Å². The van der Waals surface area contributed by atoms with Gasteiger partial charge >= 0.3 is 0 Å². The van der Waals surface area contributed by atoms with Crippen molar-refractivity contribution in [1.29, 1.82) is 0 Å². The summed E-state index contributed by atoms with van der Waals surface area (Å²) in [5.41, 5.74) is 1.95. The Labute approximate surface area is 68.8 Å². The zero-order valence-electron chi connectivity index (χ0n) is 6.51. The molecule has 0 spiro atoms. The van der Waals surface area contributed by atoms with E-state index >= 15 is 0 Å². The van der Waals surface area contributed by atoms with Crippen LogP contribution in [0.15, 0.2) is 18.2 Å². The van der Waals surface area contributed by atoms with Gasteiger partial charge in [0.25, 0.3) is 0 Å². The maximum atomic E-state index is 12.9. The number of hydroxylamine groups is 1. The van der Waals surface area contributed by atoms with Crippen molar-refractivity contribution in [2.24, 2.45) is 0 Å². The van der Waals surface area contributed by atoms with Crippen molar-refractivity contribution in [2.75, 3.05) is 0 Å². The van der Waals surface area contributed by atoms with E-state index in [9.17, 15) is 8.78 Å². The molecule has 1 atom stereocenters. The molecule has 0 saturated heterocycles. The molecule has 0 fully saturated rings. The van der Waals surface area contributed by atoms with E-state index in [1.807, 2.05) is 5.48 Å². The SMILES string of the molecule is CC(NO)c1cc(F)ccc1F.